The first-order valence-corrected chi connectivity index (χ1v) is 11.2. The van der Waals surface area contributed by atoms with Gasteiger partial charge in [-0.05, 0) is 32.8 Å². The van der Waals surface area contributed by atoms with Gasteiger partial charge in [0.2, 0.25) is 5.91 Å². The van der Waals surface area contributed by atoms with E-state index in [0.717, 1.165) is 50.7 Å². The van der Waals surface area contributed by atoms with Crippen molar-refractivity contribution in [2.24, 2.45) is 4.99 Å². The summed E-state index contributed by atoms with van der Waals surface area (Å²) in [6, 6.07) is 6.61. The number of aliphatic imine (C=N–C) groups is 1. The van der Waals surface area contributed by atoms with Gasteiger partial charge in [-0.1, -0.05) is 12.1 Å². The van der Waals surface area contributed by atoms with Crippen LogP contribution in [0.5, 0.6) is 0 Å². The average molecular weight is 449 g/mol. The van der Waals surface area contributed by atoms with E-state index in [-0.39, 0.29) is 17.6 Å². The van der Waals surface area contributed by atoms with E-state index < -0.39 is 4.92 Å². The van der Waals surface area contributed by atoms with Crippen LogP contribution in [0.15, 0.2) is 29.3 Å². The van der Waals surface area contributed by atoms with Crippen molar-refractivity contribution >= 4 is 17.6 Å². The van der Waals surface area contributed by atoms with E-state index >= 15 is 0 Å². The highest BCUT2D eigenvalue weighted by Gasteiger charge is 2.21. The van der Waals surface area contributed by atoms with E-state index in [4.69, 9.17) is 9.73 Å². The van der Waals surface area contributed by atoms with Crippen molar-refractivity contribution in [3.8, 4) is 0 Å². The summed E-state index contributed by atoms with van der Waals surface area (Å²) in [5.74, 6) is 0.862. The van der Waals surface area contributed by atoms with Crippen LogP contribution in [0.1, 0.15) is 32.8 Å². The minimum Gasteiger partial charge on any atom is -0.382 e. The van der Waals surface area contributed by atoms with E-state index in [1.54, 1.807) is 12.1 Å². The highest BCUT2D eigenvalue weighted by Crippen LogP contribution is 2.13. The number of piperazine rings is 1. The molecule has 0 unspecified atom stereocenters. The van der Waals surface area contributed by atoms with Crippen molar-refractivity contribution in [1.29, 1.82) is 0 Å². The van der Waals surface area contributed by atoms with Crippen LogP contribution in [0.4, 0.5) is 5.69 Å². The van der Waals surface area contributed by atoms with Crippen molar-refractivity contribution in [1.82, 2.24) is 20.4 Å². The van der Waals surface area contributed by atoms with Crippen LogP contribution in [-0.4, -0.2) is 85.1 Å². The lowest BCUT2D eigenvalue weighted by Gasteiger charge is -2.36. The van der Waals surface area contributed by atoms with Crippen molar-refractivity contribution in [2.75, 3.05) is 52.5 Å². The molecule has 0 spiro atoms. The molecule has 10 nitrogen and oxygen atoms in total. The van der Waals surface area contributed by atoms with Gasteiger partial charge < -0.3 is 20.3 Å². The lowest BCUT2D eigenvalue weighted by atomic mass is 10.2. The molecule has 0 radical (unpaired) electrons. The maximum absolute atomic E-state index is 12.0. The summed E-state index contributed by atoms with van der Waals surface area (Å²) in [5, 5.41) is 17.2. The molecule has 2 rings (SSSR count). The molecule has 1 aromatic rings. The van der Waals surface area contributed by atoms with E-state index in [0.29, 0.717) is 26.3 Å². The molecule has 0 aliphatic carbocycles. The fourth-order valence-electron chi connectivity index (χ4n) is 3.36. The summed E-state index contributed by atoms with van der Waals surface area (Å²) in [7, 11) is 0. The monoisotopic (exact) mass is 448 g/mol. The number of non-ortho nitro benzene ring substituents is 1. The second-order valence-corrected chi connectivity index (χ2v) is 8.03. The molecule has 0 aromatic heterocycles. The third-order valence-electron chi connectivity index (χ3n) is 5.00. The number of benzene rings is 1. The topological polar surface area (TPSA) is 112 Å². The minimum absolute atomic E-state index is 0.0505. The van der Waals surface area contributed by atoms with Crippen LogP contribution >= 0.6 is 0 Å². The molecule has 178 valence electrons. The molecule has 32 heavy (non-hydrogen) atoms. The number of carbonyl (C=O) groups excluding carboxylic acids is 1. The Labute approximate surface area is 190 Å². The average Bonchev–Trinajstić information content (AvgIpc) is 2.76. The van der Waals surface area contributed by atoms with Gasteiger partial charge in [-0.2, -0.15) is 0 Å². The molecule has 0 saturated carbocycles. The van der Waals surface area contributed by atoms with Gasteiger partial charge in [0.1, 0.15) is 0 Å². The summed E-state index contributed by atoms with van der Waals surface area (Å²) >= 11 is 0. The predicted octanol–water partition coefficient (Wildman–Crippen LogP) is 1.61. The second kappa shape index (κ2) is 13.6. The molecule has 1 fully saturated rings. The van der Waals surface area contributed by atoms with E-state index in [9.17, 15) is 14.9 Å². The van der Waals surface area contributed by atoms with Crippen LogP contribution in [0.25, 0.3) is 0 Å². The number of nitro groups is 1. The third-order valence-corrected chi connectivity index (χ3v) is 5.00. The highest BCUT2D eigenvalue weighted by molar-refractivity contribution is 5.80. The predicted molar refractivity (Wildman–Crippen MR) is 125 cm³/mol. The normalized spacial score (nSPS) is 15.1. The Bertz CT molecular complexity index is 745. The number of guanidine groups is 1. The fraction of sp³-hybridized carbons (Fsp3) is 0.636. The highest BCUT2D eigenvalue weighted by atomic mass is 16.6. The SMILES string of the molecule is CCOCCCNC(=NCc1ccc([N+](=O)[O-])cc1)N1CCN(CC(=O)NC(C)C)CC1. The van der Waals surface area contributed by atoms with Gasteiger partial charge in [0.25, 0.3) is 5.69 Å². The van der Waals surface area contributed by atoms with Crippen molar-refractivity contribution in [3.05, 3.63) is 39.9 Å². The molecule has 1 aliphatic heterocycles. The van der Waals surface area contributed by atoms with E-state index in [1.807, 2.05) is 20.8 Å². The number of nitro benzene ring substituents is 1. The van der Waals surface area contributed by atoms with Crippen molar-refractivity contribution in [2.45, 2.75) is 39.8 Å². The Balaban J connectivity index is 1.94. The number of carbonyl (C=O) groups is 1. The quantitative estimate of drug-likeness (QED) is 0.174. The lowest BCUT2D eigenvalue weighted by molar-refractivity contribution is -0.384. The number of nitrogens with zero attached hydrogens (tertiary/aromatic N) is 4. The summed E-state index contributed by atoms with van der Waals surface area (Å²) in [6.45, 7) is 12.0. The van der Waals surface area contributed by atoms with Crippen molar-refractivity contribution in [3.63, 3.8) is 0 Å². The molecule has 1 aliphatic rings. The molecule has 1 heterocycles. The van der Waals surface area contributed by atoms with Crippen LogP contribution in [0.3, 0.4) is 0 Å². The second-order valence-electron chi connectivity index (χ2n) is 8.03. The molecule has 1 saturated heterocycles. The Morgan fingerprint density at radius 2 is 1.91 bits per heavy atom. The Morgan fingerprint density at radius 3 is 2.50 bits per heavy atom. The number of rotatable bonds is 11. The van der Waals surface area contributed by atoms with Gasteiger partial charge in [-0.3, -0.25) is 19.8 Å². The van der Waals surface area contributed by atoms with E-state index in [1.165, 1.54) is 12.1 Å². The maximum atomic E-state index is 12.0. The molecule has 1 aromatic carbocycles. The molecule has 1 amide bonds. The number of hydrogen-bond donors (Lipinski definition) is 2. The summed E-state index contributed by atoms with van der Waals surface area (Å²) in [5.41, 5.74) is 0.984. The maximum Gasteiger partial charge on any atom is 0.269 e. The Hall–Kier alpha value is -2.72. The van der Waals surface area contributed by atoms with Gasteiger partial charge in [0.15, 0.2) is 5.96 Å². The smallest absolute Gasteiger partial charge is 0.269 e. The fourth-order valence-corrected chi connectivity index (χ4v) is 3.36. The molecule has 0 atom stereocenters. The molecule has 10 heteroatoms. The first-order chi connectivity index (χ1) is 15.4. The molecular formula is C22H36N6O4. The van der Waals surface area contributed by atoms with Crippen LogP contribution in [0.2, 0.25) is 0 Å². The number of nitrogens with one attached hydrogen (secondary N) is 2. The first kappa shape index (κ1) is 25.5. The van der Waals surface area contributed by atoms with Crippen LogP contribution in [0, 0.1) is 10.1 Å². The van der Waals surface area contributed by atoms with Crippen LogP contribution in [-0.2, 0) is 16.1 Å². The zero-order chi connectivity index (χ0) is 23.3. The van der Waals surface area contributed by atoms with Crippen molar-refractivity contribution < 1.29 is 14.5 Å². The molecule has 0 bridgehead atoms. The standard InChI is InChI=1S/C22H36N6O4/c1-4-32-15-5-10-23-22(24-16-19-6-8-20(9-7-19)28(30)31)27-13-11-26(12-14-27)17-21(29)25-18(2)3/h6-9,18H,4-5,10-17H2,1-3H3,(H,23,24)(H,25,29). The zero-order valence-electron chi connectivity index (χ0n) is 19.4. The summed E-state index contributed by atoms with van der Waals surface area (Å²) < 4.78 is 5.41. The zero-order valence-corrected chi connectivity index (χ0v) is 19.4. The summed E-state index contributed by atoms with van der Waals surface area (Å²) in [4.78, 5) is 31.6. The van der Waals surface area contributed by atoms with Gasteiger partial charge in [0.05, 0.1) is 18.0 Å². The molecule has 2 N–H and O–H groups in total. The number of ether oxygens (including phenoxy) is 1. The van der Waals surface area contributed by atoms with Crippen LogP contribution < -0.4 is 10.6 Å². The van der Waals surface area contributed by atoms with Gasteiger partial charge in [-0.15, -0.1) is 0 Å². The number of amides is 1. The van der Waals surface area contributed by atoms with Gasteiger partial charge in [0, 0.05) is 64.1 Å². The summed E-state index contributed by atoms with van der Waals surface area (Å²) in [6.07, 6.45) is 0.875. The van der Waals surface area contributed by atoms with Gasteiger partial charge >= 0.3 is 0 Å². The van der Waals surface area contributed by atoms with E-state index in [2.05, 4.69) is 20.4 Å². The Kier molecular flexibility index (Phi) is 10.9. The largest absolute Gasteiger partial charge is 0.382 e. The Morgan fingerprint density at radius 1 is 1.22 bits per heavy atom. The lowest BCUT2D eigenvalue weighted by Crippen LogP contribution is -2.54. The number of hydrogen-bond acceptors (Lipinski definition) is 6. The van der Waals surface area contributed by atoms with Gasteiger partial charge in [-0.25, -0.2) is 4.99 Å². The third kappa shape index (κ3) is 9.19. The minimum atomic E-state index is -0.403. The molecular weight excluding hydrogens is 412 g/mol. The first-order valence-electron chi connectivity index (χ1n) is 11.2.